The highest BCUT2D eigenvalue weighted by Crippen LogP contribution is 2.40. The topological polar surface area (TPSA) is 0 Å². The van der Waals surface area contributed by atoms with E-state index in [0.717, 1.165) is 0 Å². The Morgan fingerprint density at radius 2 is 0.469 bits per heavy atom. The molecule has 0 radical (unpaired) electrons. The Kier molecular flexibility index (Phi) is 27.2. The van der Waals surface area contributed by atoms with Gasteiger partial charge in [-0.3, -0.25) is 0 Å². The number of hydrogen-bond acceptors (Lipinski definition) is 0. The van der Waals surface area contributed by atoms with Crippen LogP contribution in [0.3, 0.4) is 0 Å². The van der Waals surface area contributed by atoms with Gasteiger partial charge in [-0.05, 0) is 197 Å². The molecule has 0 atom stereocenters. The zero-order chi connectivity index (χ0) is 45.5. The van der Waals surface area contributed by atoms with E-state index in [9.17, 15) is 0 Å². The van der Waals surface area contributed by atoms with Crippen molar-refractivity contribution in [3.63, 3.8) is 0 Å². The summed E-state index contributed by atoms with van der Waals surface area (Å²) in [6.45, 7) is 9.31. The number of aryl methyl sites for hydroxylation is 4. The van der Waals surface area contributed by atoms with Crippen LogP contribution >= 0.6 is 90.4 Å². The van der Waals surface area contributed by atoms with Crippen molar-refractivity contribution in [1.82, 2.24) is 0 Å². The van der Waals surface area contributed by atoms with Crippen LogP contribution in [0, 0.1) is 28.0 Å². The summed E-state index contributed by atoms with van der Waals surface area (Å²) >= 11 is 11.1. The Balaban J connectivity index is 1.48. The van der Waals surface area contributed by atoms with E-state index in [-0.39, 0.29) is 0 Å². The Bertz CT molecular complexity index is 2040. The first-order valence-corrected chi connectivity index (χ1v) is 31.6. The third kappa shape index (κ3) is 16.2. The minimum Gasteiger partial charge on any atom is -0.0654 e. The molecule has 0 saturated carbocycles. The summed E-state index contributed by atoms with van der Waals surface area (Å²) in [7, 11) is 0. The molecule has 0 heterocycles. The Morgan fingerprint density at radius 3 is 0.703 bits per heavy atom. The second-order valence-corrected chi connectivity index (χ2v) is 24.3. The van der Waals surface area contributed by atoms with Gasteiger partial charge in [0.05, 0.1) is 0 Å². The van der Waals surface area contributed by atoms with E-state index in [1.807, 2.05) is 0 Å². The zero-order valence-corrected chi connectivity index (χ0v) is 49.9. The van der Waals surface area contributed by atoms with Crippen LogP contribution in [0.4, 0.5) is 0 Å². The molecular formula is C60H88I4. The van der Waals surface area contributed by atoms with Crippen molar-refractivity contribution in [1.29, 1.82) is 0 Å². The second kappa shape index (κ2) is 31.5. The molecule has 2 aliphatic carbocycles. The zero-order valence-electron chi connectivity index (χ0n) is 41.3. The third-order valence-corrected chi connectivity index (χ3v) is 19.1. The Hall–Kier alpha value is 0.320. The van der Waals surface area contributed by atoms with Gasteiger partial charge in [-0.15, -0.1) is 0 Å². The van der Waals surface area contributed by atoms with E-state index in [1.54, 1.807) is 22.3 Å². The molecule has 3 aromatic rings. The van der Waals surface area contributed by atoms with Gasteiger partial charge in [0, 0.05) is 35.9 Å². The van der Waals surface area contributed by atoms with Gasteiger partial charge in [0.2, 0.25) is 0 Å². The first-order valence-electron chi connectivity index (χ1n) is 27.3. The van der Waals surface area contributed by atoms with E-state index in [4.69, 9.17) is 0 Å². The maximum Gasteiger partial charge on any atom is 0.0305 e. The molecule has 0 amide bonds. The predicted octanol–water partition coefficient (Wildman–Crippen LogP) is 20.0. The Morgan fingerprint density at radius 1 is 0.266 bits per heavy atom. The van der Waals surface area contributed by atoms with Crippen molar-refractivity contribution in [3.05, 3.63) is 96.1 Å². The lowest BCUT2D eigenvalue weighted by molar-refractivity contribution is 0.570. The van der Waals surface area contributed by atoms with Gasteiger partial charge >= 0.3 is 0 Å². The van der Waals surface area contributed by atoms with E-state index >= 15 is 0 Å². The van der Waals surface area contributed by atoms with E-state index in [2.05, 4.69) is 142 Å². The molecule has 0 nitrogen and oxygen atoms in total. The molecule has 5 rings (SSSR count). The Labute approximate surface area is 447 Å². The lowest BCUT2D eigenvalue weighted by Gasteiger charge is -2.11. The minimum absolute atomic E-state index is 1.23. The monoisotopic (exact) mass is 1320 g/mol. The van der Waals surface area contributed by atoms with Gasteiger partial charge in [0.25, 0.3) is 0 Å². The third-order valence-electron chi connectivity index (χ3n) is 14.7. The summed E-state index contributed by atoms with van der Waals surface area (Å²) in [6, 6.07) is 10.8. The van der Waals surface area contributed by atoms with Crippen molar-refractivity contribution in [2.75, 3.05) is 0 Å². The summed E-state index contributed by atoms with van der Waals surface area (Å²) < 4.78 is 5.94. The first-order chi connectivity index (χ1) is 31.4. The van der Waals surface area contributed by atoms with E-state index in [1.165, 1.54) is 288 Å². The summed E-state index contributed by atoms with van der Waals surface area (Å²) in [5, 5.41) is 9.11. The molecule has 0 N–H and O–H groups in total. The molecular weight excluding hydrogens is 1230 g/mol. The number of rotatable bonds is 36. The molecule has 0 saturated heterocycles. The van der Waals surface area contributed by atoms with Crippen molar-refractivity contribution in [2.45, 2.75) is 259 Å². The van der Waals surface area contributed by atoms with Crippen LogP contribution in [0.1, 0.15) is 267 Å². The van der Waals surface area contributed by atoms with Crippen LogP contribution in [0.2, 0.25) is 0 Å². The van der Waals surface area contributed by atoms with E-state index in [0.29, 0.717) is 0 Å². The van der Waals surface area contributed by atoms with Gasteiger partial charge < -0.3 is 0 Å². The van der Waals surface area contributed by atoms with Gasteiger partial charge in [-0.25, -0.2) is 0 Å². The molecule has 0 fully saturated rings. The number of unbranched alkanes of at least 4 members (excludes halogenated alkanes) is 28. The highest BCUT2D eigenvalue weighted by atomic mass is 127. The van der Waals surface area contributed by atoms with Crippen LogP contribution in [0.15, 0.2) is 24.3 Å². The largest absolute Gasteiger partial charge is 0.0654 e. The van der Waals surface area contributed by atoms with Crippen molar-refractivity contribution in [3.8, 4) is 0 Å². The van der Waals surface area contributed by atoms with Crippen LogP contribution in [-0.4, -0.2) is 0 Å². The predicted molar refractivity (Wildman–Crippen MR) is 318 cm³/mol. The molecule has 64 heavy (non-hydrogen) atoms. The van der Waals surface area contributed by atoms with Gasteiger partial charge in [0.15, 0.2) is 0 Å². The highest BCUT2D eigenvalue weighted by molar-refractivity contribution is 14.1. The highest BCUT2D eigenvalue weighted by Gasteiger charge is 2.26. The fourth-order valence-electron chi connectivity index (χ4n) is 10.8. The maximum absolute atomic E-state index is 2.79. The number of benzene rings is 3. The summed E-state index contributed by atoms with van der Waals surface area (Å²) in [5.41, 5.74) is 9.63. The second-order valence-electron chi connectivity index (χ2n) is 20.0. The van der Waals surface area contributed by atoms with Gasteiger partial charge in [0.1, 0.15) is 0 Å². The lowest BCUT2D eigenvalue weighted by atomic mass is 9.94. The van der Waals surface area contributed by atoms with Crippen molar-refractivity contribution in [2.24, 2.45) is 0 Å². The molecule has 356 valence electrons. The molecule has 4 heteroatoms. The summed E-state index contributed by atoms with van der Waals surface area (Å²) in [4.78, 5) is 0. The summed E-state index contributed by atoms with van der Waals surface area (Å²) in [6.07, 6.45) is 49.3. The molecule has 0 aromatic heterocycles. The number of halogens is 4. The molecule has 2 aliphatic rings. The molecule has 0 aliphatic heterocycles. The van der Waals surface area contributed by atoms with Crippen LogP contribution < -0.4 is 10.4 Å². The average molecular weight is 1320 g/mol. The molecule has 0 bridgehead atoms. The minimum atomic E-state index is 1.23. The molecule has 0 spiro atoms. The smallest absolute Gasteiger partial charge is 0.0305 e. The molecule has 0 unspecified atom stereocenters. The quantitative estimate of drug-likeness (QED) is 0.0402. The van der Waals surface area contributed by atoms with Crippen molar-refractivity contribution < 1.29 is 0 Å². The standard InChI is InChI=1S/C60H88I4/c1-5-9-13-17-21-25-29-33-37-45-41-49-51(43-47(45)39-35-31-27-23-19-15-11-7-3)57(61)55-53(49)59(63)56-54(60(55)64)50-42-46(38-34-30-26-22-18-14-10-6-2)48(44-52(50)58(56)62)40-36-32-28-24-20-16-12-8-4/h41-44H,5-40H2,1-4H3. The lowest BCUT2D eigenvalue weighted by Crippen LogP contribution is -2.09. The normalized spacial score (nSPS) is 12.7. The number of hydrogen-bond donors (Lipinski definition) is 0. The summed E-state index contributed by atoms with van der Waals surface area (Å²) in [5.74, 6) is 0. The maximum atomic E-state index is 2.79. The fourth-order valence-corrected chi connectivity index (χ4v) is 16.0. The van der Waals surface area contributed by atoms with Crippen molar-refractivity contribution >= 4 is 97.5 Å². The van der Waals surface area contributed by atoms with Crippen LogP contribution in [-0.2, 0) is 25.7 Å². The fraction of sp³-hybridized carbons (Fsp3) is 0.667. The average Bonchev–Trinajstić information content (AvgIpc) is 3.75. The van der Waals surface area contributed by atoms with Crippen LogP contribution in [0.5, 0.6) is 0 Å². The molecule has 3 aromatic carbocycles. The van der Waals surface area contributed by atoms with Gasteiger partial charge in [-0.1, -0.05) is 220 Å². The van der Waals surface area contributed by atoms with Crippen LogP contribution in [0.25, 0.3) is 7.16 Å². The van der Waals surface area contributed by atoms with Gasteiger partial charge in [-0.2, -0.15) is 0 Å². The van der Waals surface area contributed by atoms with E-state index < -0.39 is 0 Å². The number of fused-ring (bicyclic) bond motifs is 4. The SMILES string of the molecule is CCCCCCCCCCc1cc2c(cc1CCCCCCCCCC)=c1c(I)c3c(c(I)c1C=2I)=c1cc(CCCCCCCCCC)c(CCCCCCCCCC)cc1=C3I. The first kappa shape index (κ1) is 55.2.